The van der Waals surface area contributed by atoms with Crippen LogP contribution < -0.4 is 5.32 Å². The Hall–Kier alpha value is -3.62. The molecule has 0 fully saturated rings. The quantitative estimate of drug-likeness (QED) is 0.487. The van der Waals surface area contributed by atoms with Crippen LogP contribution in [0, 0.1) is 0 Å². The second-order valence-electron chi connectivity index (χ2n) is 7.16. The minimum atomic E-state index is -4.53. The molecule has 1 heterocycles. The van der Waals surface area contributed by atoms with E-state index in [2.05, 4.69) is 10.3 Å². The number of halogens is 3. The van der Waals surface area contributed by atoms with Gasteiger partial charge in [0.25, 0.3) is 0 Å². The van der Waals surface area contributed by atoms with E-state index >= 15 is 0 Å². The van der Waals surface area contributed by atoms with Gasteiger partial charge in [-0.15, -0.1) is 0 Å². The lowest BCUT2D eigenvalue weighted by atomic mass is 10.1. The van der Waals surface area contributed by atoms with Crippen LogP contribution in [0.2, 0.25) is 0 Å². The third-order valence-electron chi connectivity index (χ3n) is 4.40. The summed E-state index contributed by atoms with van der Waals surface area (Å²) in [6, 6.07) is 9.14. The van der Waals surface area contributed by atoms with Crippen LogP contribution in [0.15, 0.2) is 48.7 Å². The number of esters is 2. The number of hydrogen-bond acceptors (Lipinski definition) is 6. The smallest absolute Gasteiger partial charge is 0.416 e. The van der Waals surface area contributed by atoms with Crippen LogP contribution in [0.25, 0.3) is 10.9 Å². The highest BCUT2D eigenvalue weighted by atomic mass is 19.4. The first-order chi connectivity index (χ1) is 15.1. The molecule has 3 rings (SSSR count). The van der Waals surface area contributed by atoms with Crippen LogP contribution in [0.1, 0.15) is 47.1 Å². The number of ether oxygens (including phenoxy) is 2. The zero-order valence-electron chi connectivity index (χ0n) is 17.6. The van der Waals surface area contributed by atoms with E-state index in [9.17, 15) is 22.8 Å². The van der Waals surface area contributed by atoms with E-state index in [1.54, 1.807) is 26.8 Å². The van der Waals surface area contributed by atoms with Crippen molar-refractivity contribution in [3.8, 4) is 0 Å². The van der Waals surface area contributed by atoms with E-state index in [1.165, 1.54) is 30.5 Å². The normalized spacial score (nSPS) is 11.5. The molecule has 6 nitrogen and oxygen atoms in total. The predicted octanol–water partition coefficient (Wildman–Crippen LogP) is 5.74. The first-order valence-electron chi connectivity index (χ1n) is 9.85. The lowest BCUT2D eigenvalue weighted by Gasteiger charge is -2.16. The number of fused-ring (bicyclic) bond motifs is 1. The molecule has 0 aliphatic heterocycles. The average Bonchev–Trinajstić information content (AvgIpc) is 2.73. The summed E-state index contributed by atoms with van der Waals surface area (Å²) < 4.78 is 49.7. The summed E-state index contributed by atoms with van der Waals surface area (Å²) in [6.07, 6.45) is -3.59. The van der Waals surface area contributed by atoms with Gasteiger partial charge < -0.3 is 14.8 Å². The first-order valence-corrected chi connectivity index (χ1v) is 9.85. The topological polar surface area (TPSA) is 77.5 Å². The third-order valence-corrected chi connectivity index (χ3v) is 4.40. The summed E-state index contributed by atoms with van der Waals surface area (Å²) in [5, 5.41) is 3.23. The van der Waals surface area contributed by atoms with Crippen molar-refractivity contribution in [3.63, 3.8) is 0 Å². The highest BCUT2D eigenvalue weighted by Crippen LogP contribution is 2.34. The molecule has 0 atom stereocenters. The predicted molar refractivity (Wildman–Crippen MR) is 113 cm³/mol. The van der Waals surface area contributed by atoms with Gasteiger partial charge in [-0.2, -0.15) is 13.2 Å². The summed E-state index contributed by atoms with van der Waals surface area (Å²) in [5.74, 6) is -1.28. The van der Waals surface area contributed by atoms with Crippen molar-refractivity contribution in [1.29, 1.82) is 0 Å². The molecule has 168 valence electrons. The third kappa shape index (κ3) is 5.16. The number of rotatable bonds is 6. The van der Waals surface area contributed by atoms with Crippen molar-refractivity contribution in [3.05, 3.63) is 65.4 Å². The molecule has 32 heavy (non-hydrogen) atoms. The van der Waals surface area contributed by atoms with Gasteiger partial charge in [-0.05, 0) is 57.2 Å². The van der Waals surface area contributed by atoms with Gasteiger partial charge in [0.15, 0.2) is 0 Å². The number of pyridine rings is 1. The Kier molecular flexibility index (Phi) is 6.67. The van der Waals surface area contributed by atoms with Crippen LogP contribution in [0.3, 0.4) is 0 Å². The standard InChI is InChI=1S/C23H21F3N2O4/c1-4-31-22(30)18-12-27-19-9-8-14(21(29)32-13(2)3)10-17(19)20(18)28-16-7-5-6-15(11-16)23(24,25)26/h5-13H,4H2,1-3H3,(H,27,28). The molecule has 9 heteroatoms. The summed E-state index contributed by atoms with van der Waals surface area (Å²) >= 11 is 0. The van der Waals surface area contributed by atoms with E-state index in [0.29, 0.717) is 10.9 Å². The molecule has 2 aromatic carbocycles. The molecule has 0 saturated carbocycles. The number of carbonyl (C=O) groups excluding carboxylic acids is 2. The Bertz CT molecular complexity index is 1160. The van der Waals surface area contributed by atoms with Crippen molar-refractivity contribution in [1.82, 2.24) is 4.98 Å². The van der Waals surface area contributed by atoms with Crippen molar-refractivity contribution < 1.29 is 32.2 Å². The second kappa shape index (κ2) is 9.25. The highest BCUT2D eigenvalue weighted by Gasteiger charge is 2.30. The molecule has 0 radical (unpaired) electrons. The Balaban J connectivity index is 2.16. The maximum Gasteiger partial charge on any atom is 0.416 e. The minimum Gasteiger partial charge on any atom is -0.462 e. The number of aromatic nitrogens is 1. The lowest BCUT2D eigenvalue weighted by molar-refractivity contribution is -0.137. The molecule has 0 spiro atoms. The number of benzene rings is 2. The van der Waals surface area contributed by atoms with Crippen molar-refractivity contribution in [2.75, 3.05) is 11.9 Å². The summed E-state index contributed by atoms with van der Waals surface area (Å²) in [6.45, 7) is 5.15. The van der Waals surface area contributed by atoms with Crippen molar-refractivity contribution in [2.45, 2.75) is 33.1 Å². The number of anilines is 2. The van der Waals surface area contributed by atoms with E-state index in [4.69, 9.17) is 9.47 Å². The minimum absolute atomic E-state index is 0.0196. The number of hydrogen-bond donors (Lipinski definition) is 1. The van der Waals surface area contributed by atoms with Gasteiger partial charge in [0, 0.05) is 17.3 Å². The Morgan fingerprint density at radius 1 is 1.09 bits per heavy atom. The fourth-order valence-corrected chi connectivity index (χ4v) is 3.02. The van der Waals surface area contributed by atoms with Crippen LogP contribution >= 0.6 is 0 Å². The SMILES string of the molecule is CCOC(=O)c1cnc2ccc(C(=O)OC(C)C)cc2c1Nc1cccc(C(F)(F)F)c1. The lowest BCUT2D eigenvalue weighted by Crippen LogP contribution is -2.12. The second-order valence-corrected chi connectivity index (χ2v) is 7.16. The average molecular weight is 446 g/mol. The molecule has 0 bridgehead atoms. The number of nitrogens with one attached hydrogen (secondary N) is 1. The van der Waals surface area contributed by atoms with Crippen LogP contribution in [0.5, 0.6) is 0 Å². The van der Waals surface area contributed by atoms with Gasteiger partial charge in [0.2, 0.25) is 0 Å². The molecule has 1 aromatic heterocycles. The summed E-state index contributed by atoms with van der Waals surface area (Å²) in [4.78, 5) is 29.1. The van der Waals surface area contributed by atoms with Gasteiger partial charge in [0.05, 0.1) is 35.0 Å². The molecular formula is C23H21F3N2O4. The van der Waals surface area contributed by atoms with Gasteiger partial charge >= 0.3 is 18.1 Å². The number of alkyl halides is 3. The van der Waals surface area contributed by atoms with E-state index in [-0.39, 0.29) is 35.2 Å². The Labute approximate surface area is 182 Å². The fourth-order valence-electron chi connectivity index (χ4n) is 3.02. The van der Waals surface area contributed by atoms with Crippen LogP contribution in [-0.2, 0) is 15.7 Å². The van der Waals surface area contributed by atoms with E-state index < -0.39 is 23.7 Å². The van der Waals surface area contributed by atoms with Gasteiger partial charge in [-0.3, -0.25) is 4.98 Å². The van der Waals surface area contributed by atoms with Gasteiger partial charge in [-0.1, -0.05) is 6.07 Å². The fraction of sp³-hybridized carbons (Fsp3) is 0.261. The molecule has 0 amide bonds. The summed E-state index contributed by atoms with van der Waals surface area (Å²) in [5.41, 5.74) is 0.0839. The maximum atomic E-state index is 13.2. The molecular weight excluding hydrogens is 425 g/mol. The summed E-state index contributed by atoms with van der Waals surface area (Å²) in [7, 11) is 0. The Morgan fingerprint density at radius 3 is 2.50 bits per heavy atom. The van der Waals surface area contributed by atoms with E-state index in [1.807, 2.05) is 0 Å². The Morgan fingerprint density at radius 2 is 1.84 bits per heavy atom. The molecule has 0 aliphatic carbocycles. The van der Waals surface area contributed by atoms with Crippen molar-refractivity contribution in [2.24, 2.45) is 0 Å². The maximum absolute atomic E-state index is 13.2. The largest absolute Gasteiger partial charge is 0.462 e. The molecule has 0 aliphatic rings. The zero-order valence-corrected chi connectivity index (χ0v) is 17.6. The molecule has 1 N–H and O–H groups in total. The van der Waals surface area contributed by atoms with E-state index in [0.717, 1.165) is 12.1 Å². The van der Waals surface area contributed by atoms with Crippen LogP contribution in [-0.4, -0.2) is 29.6 Å². The van der Waals surface area contributed by atoms with Crippen molar-refractivity contribution >= 4 is 34.2 Å². The first kappa shape index (κ1) is 23.1. The highest BCUT2D eigenvalue weighted by molar-refractivity contribution is 6.07. The molecule has 3 aromatic rings. The zero-order chi connectivity index (χ0) is 23.5. The van der Waals surface area contributed by atoms with Crippen LogP contribution in [0.4, 0.5) is 24.5 Å². The van der Waals surface area contributed by atoms with Gasteiger partial charge in [-0.25, -0.2) is 9.59 Å². The number of carbonyl (C=O) groups is 2. The number of nitrogens with zero attached hydrogens (tertiary/aromatic N) is 1. The molecule has 0 saturated heterocycles. The molecule has 0 unspecified atom stereocenters. The monoisotopic (exact) mass is 446 g/mol. The van der Waals surface area contributed by atoms with Gasteiger partial charge in [0.1, 0.15) is 5.56 Å².